The minimum atomic E-state index is 0.701. The van der Waals surface area contributed by atoms with Crippen molar-refractivity contribution in [3.05, 3.63) is 449 Å². The monoisotopic (exact) mass is 1570 g/mol. The van der Waals surface area contributed by atoms with Crippen molar-refractivity contribution in [2.24, 2.45) is 0 Å². The van der Waals surface area contributed by atoms with Gasteiger partial charge in [-0.2, -0.15) is 0 Å². The second kappa shape index (κ2) is 29.8. The fourth-order valence-corrected chi connectivity index (χ4v) is 19.5. The van der Waals surface area contributed by atoms with Gasteiger partial charge in [-0.05, 0) is 170 Å². The molecule has 124 heavy (non-hydrogen) atoms. The first-order chi connectivity index (χ1) is 61.5. The van der Waals surface area contributed by atoms with E-state index in [9.17, 15) is 0 Å². The molecule has 4 heterocycles. The molecule has 0 radical (unpaired) electrons. The zero-order valence-electron chi connectivity index (χ0n) is 67.4. The maximum absolute atomic E-state index is 5.46. The molecule has 0 saturated heterocycles. The molecule has 0 aliphatic heterocycles. The van der Waals surface area contributed by atoms with Gasteiger partial charge in [0.25, 0.3) is 0 Å². The van der Waals surface area contributed by atoms with Crippen molar-refractivity contribution in [2.45, 2.75) is 0 Å². The first kappa shape index (κ1) is 71.6. The Kier molecular flexibility index (Phi) is 17.2. The highest BCUT2D eigenvalue weighted by molar-refractivity contribution is 6.32. The van der Waals surface area contributed by atoms with Gasteiger partial charge in [-0.15, -0.1) is 0 Å². The minimum Gasteiger partial charge on any atom is -0.309 e. The maximum atomic E-state index is 5.46. The number of aromatic nitrogens is 6. The Morgan fingerprint density at radius 3 is 0.968 bits per heavy atom. The van der Waals surface area contributed by atoms with Gasteiger partial charge in [0, 0.05) is 65.3 Å². The van der Waals surface area contributed by atoms with E-state index in [1.807, 2.05) is 0 Å². The van der Waals surface area contributed by atoms with Crippen LogP contribution in [0.1, 0.15) is 0 Å². The Bertz CT molecular complexity index is 8590. The average Bonchev–Trinajstić information content (AvgIpc) is 1.56. The van der Waals surface area contributed by atoms with Gasteiger partial charge < -0.3 is 9.13 Å². The van der Waals surface area contributed by atoms with Crippen molar-refractivity contribution in [1.82, 2.24) is 29.1 Å². The first-order valence-corrected chi connectivity index (χ1v) is 42.4. The molecule has 4 aromatic heterocycles. The number of benzene rings is 21. The second-order valence-electron chi connectivity index (χ2n) is 32.1. The van der Waals surface area contributed by atoms with Gasteiger partial charge >= 0.3 is 0 Å². The number of nitrogens with zero attached hydrogens (tertiary/aromatic N) is 6. The van der Waals surface area contributed by atoms with Crippen molar-refractivity contribution < 1.29 is 0 Å². The molecule has 0 aliphatic rings. The third-order valence-electron chi connectivity index (χ3n) is 25.2. The molecule has 0 unspecified atom stereocenters. The smallest absolute Gasteiger partial charge is 0.161 e. The summed E-state index contributed by atoms with van der Waals surface area (Å²) in [6, 6.07) is 161. The third kappa shape index (κ3) is 12.0. The summed E-state index contributed by atoms with van der Waals surface area (Å²) < 4.78 is 4.96. The molecule has 0 saturated carbocycles. The van der Waals surface area contributed by atoms with E-state index in [0.29, 0.717) is 11.6 Å². The number of rotatable bonds is 11. The summed E-state index contributed by atoms with van der Waals surface area (Å²) in [5.74, 6) is 1.41. The van der Waals surface area contributed by atoms with Gasteiger partial charge in [-0.1, -0.05) is 388 Å². The van der Waals surface area contributed by atoms with Crippen LogP contribution in [0.5, 0.6) is 0 Å². The molecule has 0 fully saturated rings. The molecule has 0 spiro atoms. The summed E-state index contributed by atoms with van der Waals surface area (Å²) in [5.41, 5.74) is 26.6. The molecule has 0 aliphatic carbocycles. The van der Waals surface area contributed by atoms with E-state index < -0.39 is 0 Å². The standard InChI is InChI=1S/C62H39N3.C56H35N3/c1-3-15-40(16-4-1)41-31-33-42(34-32-41)45-20-11-21-46(39-45)61-54-23-9-10-29-55(54)63-62(64-61)53-28-13-26-51-49(53)25-14-30-56(51)65-57-37-35-44-19-7-8-22-48(44)59(57)60-52-27-12-24-47(43-17-5-2-6-18-43)50(52)36-38-58(60)65;1-3-16-36(17-4-1)39-21-13-22-40(34-39)55-47-26-11-12-30-49(47)57-56(58-55)46-29-14-28-44-42(46)27-15-31-50(44)59-51-33-32-38-20-7-8-23-41(38)53(51)54-45-25-10-9-24-43(45)48(35-52(54)59)37-18-5-2-6-19-37/h1-39H;1-35H. The Labute approximate surface area is 715 Å². The third-order valence-corrected chi connectivity index (χ3v) is 25.2. The van der Waals surface area contributed by atoms with Crippen molar-refractivity contribution >= 4 is 130 Å². The predicted molar refractivity (Wildman–Crippen MR) is 522 cm³/mol. The summed E-state index contributed by atoms with van der Waals surface area (Å²) in [4.78, 5) is 21.4. The lowest BCUT2D eigenvalue weighted by Gasteiger charge is -2.16. The Morgan fingerprint density at radius 2 is 0.460 bits per heavy atom. The van der Waals surface area contributed by atoms with Crippen LogP contribution in [-0.4, -0.2) is 29.1 Å². The van der Waals surface area contributed by atoms with Gasteiger partial charge in [0.2, 0.25) is 0 Å². The van der Waals surface area contributed by atoms with Crippen molar-refractivity contribution in [3.8, 4) is 112 Å². The summed E-state index contributed by atoms with van der Waals surface area (Å²) in [6.45, 7) is 0. The molecule has 576 valence electrons. The van der Waals surface area contributed by atoms with E-state index in [1.54, 1.807) is 0 Å². The lowest BCUT2D eigenvalue weighted by atomic mass is 9.94. The van der Waals surface area contributed by atoms with Crippen LogP contribution in [0.4, 0.5) is 0 Å². The summed E-state index contributed by atoms with van der Waals surface area (Å²) in [6.07, 6.45) is 0. The van der Waals surface area contributed by atoms with E-state index in [1.165, 1.54) is 126 Å². The summed E-state index contributed by atoms with van der Waals surface area (Å²) in [5, 5.41) is 21.5. The van der Waals surface area contributed by atoms with Gasteiger partial charge in [0.05, 0.1) is 55.9 Å². The largest absolute Gasteiger partial charge is 0.309 e. The zero-order chi connectivity index (χ0) is 81.7. The quantitative estimate of drug-likeness (QED) is 0.129. The molecular weight excluding hydrogens is 1500 g/mol. The number of fused-ring (bicyclic) bond motifs is 18. The van der Waals surface area contributed by atoms with Gasteiger partial charge in [-0.25, -0.2) is 19.9 Å². The topological polar surface area (TPSA) is 61.4 Å². The second-order valence-corrected chi connectivity index (χ2v) is 32.1. The van der Waals surface area contributed by atoms with Crippen LogP contribution in [-0.2, 0) is 0 Å². The molecule has 0 N–H and O–H groups in total. The lowest BCUT2D eigenvalue weighted by Crippen LogP contribution is -1.98. The van der Waals surface area contributed by atoms with Crippen molar-refractivity contribution in [3.63, 3.8) is 0 Å². The van der Waals surface area contributed by atoms with Crippen LogP contribution in [0.25, 0.3) is 242 Å². The van der Waals surface area contributed by atoms with Crippen molar-refractivity contribution in [2.75, 3.05) is 0 Å². The molecule has 0 bridgehead atoms. The van der Waals surface area contributed by atoms with Gasteiger partial charge in [0.1, 0.15) is 0 Å². The molecule has 0 amide bonds. The summed E-state index contributed by atoms with van der Waals surface area (Å²) >= 11 is 0. The normalized spacial score (nSPS) is 11.7. The number of hydrogen-bond donors (Lipinski definition) is 0. The highest BCUT2D eigenvalue weighted by Crippen LogP contribution is 2.49. The molecule has 6 nitrogen and oxygen atoms in total. The molecule has 21 aromatic carbocycles. The average molecular weight is 1580 g/mol. The fraction of sp³-hybridized carbons (Fsp3) is 0. The fourth-order valence-electron chi connectivity index (χ4n) is 19.5. The Balaban J connectivity index is 0.000000140. The zero-order valence-corrected chi connectivity index (χ0v) is 67.4. The van der Waals surface area contributed by atoms with E-state index in [2.05, 4.69) is 458 Å². The van der Waals surface area contributed by atoms with Crippen LogP contribution in [0, 0.1) is 0 Å². The summed E-state index contributed by atoms with van der Waals surface area (Å²) in [7, 11) is 0. The first-order valence-electron chi connectivity index (χ1n) is 42.4. The molecule has 0 atom stereocenters. The van der Waals surface area contributed by atoms with Crippen molar-refractivity contribution in [1.29, 1.82) is 0 Å². The number of hydrogen-bond acceptors (Lipinski definition) is 4. The Hall–Kier alpha value is -16.5. The van der Waals surface area contributed by atoms with E-state index >= 15 is 0 Å². The highest BCUT2D eigenvalue weighted by atomic mass is 15.0. The SMILES string of the molecule is c1ccc(-c2ccc(-c3cccc(-c4nc(-c5cccc6c(-n7c8ccc9ccccc9c8c8c9cccc(-c%10ccccc%10)c9ccc87)cccc56)nc5ccccc45)c3)cc2)cc1.c1ccc(-c2cccc(-c3nc(-c4cccc5c(-n6c7ccc8ccccc8c7c7c8ccccc8c(-c8ccccc8)cc76)cccc45)nc4ccccc34)c2)cc1. The minimum absolute atomic E-state index is 0.701. The molecule has 25 aromatic rings. The van der Waals surface area contributed by atoms with Gasteiger partial charge in [-0.3, -0.25) is 0 Å². The van der Waals surface area contributed by atoms with Crippen LogP contribution < -0.4 is 0 Å². The van der Waals surface area contributed by atoms with Crippen LogP contribution >= 0.6 is 0 Å². The molecule has 25 rings (SSSR count). The van der Waals surface area contributed by atoms with E-state index in [-0.39, 0.29) is 0 Å². The Morgan fingerprint density at radius 1 is 0.153 bits per heavy atom. The maximum Gasteiger partial charge on any atom is 0.161 e. The highest BCUT2D eigenvalue weighted by Gasteiger charge is 2.26. The van der Waals surface area contributed by atoms with Crippen LogP contribution in [0.3, 0.4) is 0 Å². The van der Waals surface area contributed by atoms with Gasteiger partial charge in [0.15, 0.2) is 11.6 Å². The molecular formula is C118H74N6. The van der Waals surface area contributed by atoms with E-state index in [0.717, 1.165) is 105 Å². The molecule has 6 heteroatoms. The predicted octanol–water partition coefficient (Wildman–Crippen LogP) is 31.4. The lowest BCUT2D eigenvalue weighted by molar-refractivity contribution is 1.20. The number of para-hydroxylation sites is 2. The van der Waals surface area contributed by atoms with E-state index in [4.69, 9.17) is 19.9 Å². The van der Waals surface area contributed by atoms with Crippen LogP contribution in [0.2, 0.25) is 0 Å². The van der Waals surface area contributed by atoms with Crippen LogP contribution in [0.15, 0.2) is 449 Å².